The fourth-order valence-electron chi connectivity index (χ4n) is 0.911. The average molecular weight is 257 g/mol. The number of Topliss-reactive ketones (excluding diaryl/α,β-unsaturated/α-hetero) is 1. The summed E-state index contributed by atoms with van der Waals surface area (Å²) in [5.74, 6) is -1.10. The highest BCUT2D eigenvalue weighted by atomic mass is 16.6. The largest absolute Gasteiger partial charge is 0.461 e. The molecule has 0 rings (SSSR count). The Kier molecular flexibility index (Phi) is 6.70. The van der Waals surface area contributed by atoms with E-state index in [0.29, 0.717) is 0 Å². The van der Waals surface area contributed by atoms with Crippen LogP contribution in [0.4, 0.5) is 4.79 Å². The number of carbonyl (C=O) groups excluding carboxylic acids is 3. The third-order valence-electron chi connectivity index (χ3n) is 1.53. The van der Waals surface area contributed by atoms with Gasteiger partial charge in [-0.1, -0.05) is 12.7 Å². The van der Waals surface area contributed by atoms with Crippen LogP contribution < -0.4 is 5.32 Å². The lowest BCUT2D eigenvalue weighted by Gasteiger charge is -2.19. The molecule has 1 amide bonds. The summed E-state index contributed by atoms with van der Waals surface area (Å²) in [6.07, 6.45) is 0.320. The second-order valence-corrected chi connectivity index (χ2v) is 4.54. The van der Waals surface area contributed by atoms with Crippen molar-refractivity contribution in [1.29, 1.82) is 0 Å². The monoisotopic (exact) mass is 257 g/mol. The van der Waals surface area contributed by atoms with Crippen molar-refractivity contribution in [2.45, 2.75) is 32.8 Å². The van der Waals surface area contributed by atoms with Gasteiger partial charge in [-0.25, -0.2) is 4.79 Å². The predicted octanol–water partition coefficient (Wildman–Crippen LogP) is 1.20. The number of carbonyl (C=O) groups is 3. The van der Waals surface area contributed by atoms with E-state index in [4.69, 9.17) is 4.74 Å². The molecule has 0 aromatic rings. The zero-order valence-electron chi connectivity index (χ0n) is 10.9. The molecule has 0 aliphatic heterocycles. The molecular weight excluding hydrogens is 238 g/mol. The first kappa shape index (κ1) is 16.1. The van der Waals surface area contributed by atoms with Crippen molar-refractivity contribution in [3.05, 3.63) is 12.7 Å². The van der Waals surface area contributed by atoms with Crippen molar-refractivity contribution in [1.82, 2.24) is 5.32 Å². The van der Waals surface area contributed by atoms with Crippen LogP contribution in [0, 0.1) is 0 Å². The topological polar surface area (TPSA) is 81.7 Å². The van der Waals surface area contributed by atoms with Crippen molar-refractivity contribution >= 4 is 17.8 Å². The maximum absolute atomic E-state index is 11.3. The molecular formula is C12H19NO5. The normalized spacial score (nSPS) is 10.4. The minimum absolute atomic E-state index is 0.0611. The maximum Gasteiger partial charge on any atom is 0.408 e. The Labute approximate surface area is 106 Å². The molecule has 0 aromatic carbocycles. The summed E-state index contributed by atoms with van der Waals surface area (Å²) in [5, 5.41) is 2.26. The molecule has 0 aliphatic carbocycles. The van der Waals surface area contributed by atoms with Gasteiger partial charge in [-0.05, 0) is 20.8 Å². The van der Waals surface area contributed by atoms with Crippen LogP contribution in [0.25, 0.3) is 0 Å². The highest BCUT2D eigenvalue weighted by Gasteiger charge is 2.17. The van der Waals surface area contributed by atoms with Crippen molar-refractivity contribution in [2.75, 3.05) is 13.2 Å². The number of hydrogen-bond donors (Lipinski definition) is 1. The summed E-state index contributed by atoms with van der Waals surface area (Å²) in [4.78, 5) is 33.5. The summed E-state index contributed by atoms with van der Waals surface area (Å²) in [5.41, 5.74) is -0.629. The zero-order chi connectivity index (χ0) is 14.2. The van der Waals surface area contributed by atoms with Crippen LogP contribution in [-0.2, 0) is 19.1 Å². The molecule has 0 saturated heterocycles. The van der Waals surface area contributed by atoms with Crippen molar-refractivity contribution < 1.29 is 23.9 Å². The van der Waals surface area contributed by atoms with Crippen LogP contribution in [0.3, 0.4) is 0 Å². The SMILES string of the molecule is C=CCOC(=O)CC(=O)CNC(=O)OC(C)(C)C. The average Bonchev–Trinajstić information content (AvgIpc) is 2.21. The van der Waals surface area contributed by atoms with Crippen LogP contribution in [0.5, 0.6) is 0 Å². The van der Waals surface area contributed by atoms with Crippen LogP contribution in [0.1, 0.15) is 27.2 Å². The summed E-state index contributed by atoms with van der Waals surface area (Å²) < 4.78 is 9.55. The summed E-state index contributed by atoms with van der Waals surface area (Å²) in [7, 11) is 0. The molecule has 1 N–H and O–H groups in total. The van der Waals surface area contributed by atoms with Gasteiger partial charge >= 0.3 is 12.1 Å². The molecule has 6 nitrogen and oxygen atoms in total. The molecule has 0 radical (unpaired) electrons. The third-order valence-corrected chi connectivity index (χ3v) is 1.53. The van der Waals surface area contributed by atoms with Gasteiger partial charge in [0, 0.05) is 0 Å². The van der Waals surface area contributed by atoms with Gasteiger partial charge in [0.05, 0.1) is 6.54 Å². The highest BCUT2D eigenvalue weighted by Crippen LogP contribution is 2.06. The van der Waals surface area contributed by atoms with Crippen molar-refractivity contribution in [3.8, 4) is 0 Å². The minimum Gasteiger partial charge on any atom is -0.461 e. The smallest absolute Gasteiger partial charge is 0.408 e. The first-order valence-corrected chi connectivity index (χ1v) is 5.49. The Balaban J connectivity index is 3.86. The quantitative estimate of drug-likeness (QED) is 0.439. The van der Waals surface area contributed by atoms with Crippen molar-refractivity contribution in [2.24, 2.45) is 0 Å². The maximum atomic E-state index is 11.3. The van der Waals surface area contributed by atoms with E-state index in [9.17, 15) is 14.4 Å². The highest BCUT2D eigenvalue weighted by molar-refractivity contribution is 5.97. The lowest BCUT2D eigenvalue weighted by Crippen LogP contribution is -2.36. The standard InChI is InChI=1S/C12H19NO5/c1-5-6-17-10(15)7-9(14)8-13-11(16)18-12(2,3)4/h5H,1,6-8H2,2-4H3,(H,13,16). The second-order valence-electron chi connectivity index (χ2n) is 4.54. The van der Waals surface area contributed by atoms with Gasteiger partial charge in [-0.2, -0.15) is 0 Å². The molecule has 0 saturated carbocycles. The van der Waals surface area contributed by atoms with Crippen LogP contribution in [0.15, 0.2) is 12.7 Å². The number of ether oxygens (including phenoxy) is 2. The number of nitrogens with one attached hydrogen (secondary N) is 1. The summed E-state index contributed by atoms with van der Waals surface area (Å²) >= 11 is 0. The first-order chi connectivity index (χ1) is 8.24. The van der Waals surface area contributed by atoms with Gasteiger partial charge < -0.3 is 14.8 Å². The Morgan fingerprint density at radius 1 is 1.28 bits per heavy atom. The Bertz CT molecular complexity index is 330. The van der Waals surface area contributed by atoms with Crippen LogP contribution in [-0.4, -0.2) is 36.6 Å². The molecule has 0 unspecified atom stereocenters. The lowest BCUT2D eigenvalue weighted by molar-refractivity contribution is -0.144. The summed E-state index contributed by atoms with van der Waals surface area (Å²) in [6, 6.07) is 0. The van der Waals surface area contributed by atoms with E-state index < -0.39 is 23.4 Å². The van der Waals surface area contributed by atoms with Gasteiger partial charge in [0.1, 0.15) is 18.6 Å². The molecule has 0 aromatic heterocycles. The molecule has 0 heterocycles. The number of hydrogen-bond acceptors (Lipinski definition) is 5. The van der Waals surface area contributed by atoms with E-state index in [1.807, 2.05) is 0 Å². The predicted molar refractivity (Wildman–Crippen MR) is 65.0 cm³/mol. The Morgan fingerprint density at radius 2 is 1.89 bits per heavy atom. The van der Waals surface area contributed by atoms with Crippen LogP contribution in [0.2, 0.25) is 0 Å². The molecule has 0 fully saturated rings. The summed E-state index contributed by atoms with van der Waals surface area (Å²) in [6.45, 7) is 8.29. The Hall–Kier alpha value is -1.85. The molecule has 0 bridgehead atoms. The fourth-order valence-corrected chi connectivity index (χ4v) is 0.911. The minimum atomic E-state index is -0.699. The molecule has 0 aliphatic rings. The van der Waals surface area contributed by atoms with E-state index in [-0.39, 0.29) is 19.6 Å². The van der Waals surface area contributed by atoms with E-state index in [1.54, 1.807) is 20.8 Å². The van der Waals surface area contributed by atoms with E-state index >= 15 is 0 Å². The number of esters is 1. The third kappa shape index (κ3) is 9.38. The fraction of sp³-hybridized carbons (Fsp3) is 0.583. The van der Waals surface area contributed by atoms with Crippen molar-refractivity contribution in [3.63, 3.8) is 0 Å². The first-order valence-electron chi connectivity index (χ1n) is 5.49. The zero-order valence-corrected chi connectivity index (χ0v) is 10.9. The second kappa shape index (κ2) is 7.47. The molecule has 6 heteroatoms. The number of alkyl carbamates (subject to hydrolysis) is 1. The molecule has 0 spiro atoms. The lowest BCUT2D eigenvalue weighted by atomic mass is 10.2. The van der Waals surface area contributed by atoms with Gasteiger partial charge in [0.25, 0.3) is 0 Å². The van der Waals surface area contributed by atoms with E-state index in [0.717, 1.165) is 0 Å². The van der Waals surface area contributed by atoms with E-state index in [1.165, 1.54) is 6.08 Å². The number of ketones is 1. The van der Waals surface area contributed by atoms with E-state index in [2.05, 4.69) is 16.6 Å². The molecule has 0 atom stereocenters. The Morgan fingerprint density at radius 3 is 2.39 bits per heavy atom. The number of amides is 1. The van der Waals surface area contributed by atoms with Gasteiger partial charge in [-0.3, -0.25) is 9.59 Å². The molecule has 102 valence electrons. The van der Waals surface area contributed by atoms with Crippen LogP contribution >= 0.6 is 0 Å². The van der Waals surface area contributed by atoms with Gasteiger partial charge in [-0.15, -0.1) is 0 Å². The van der Waals surface area contributed by atoms with Gasteiger partial charge in [0.15, 0.2) is 5.78 Å². The molecule has 18 heavy (non-hydrogen) atoms. The number of rotatable bonds is 6. The van der Waals surface area contributed by atoms with Gasteiger partial charge in [0.2, 0.25) is 0 Å².